The lowest BCUT2D eigenvalue weighted by molar-refractivity contribution is -0.384. The first-order valence-corrected chi connectivity index (χ1v) is 11.0. The highest BCUT2D eigenvalue weighted by molar-refractivity contribution is 7.89. The van der Waals surface area contributed by atoms with Gasteiger partial charge in [-0.15, -0.1) is 0 Å². The average Bonchev–Trinajstić information content (AvgIpc) is 2.80. The minimum Gasteiger partial charge on any atom is -0.497 e. The van der Waals surface area contributed by atoms with E-state index in [0.29, 0.717) is 38.5 Å². The lowest BCUT2D eigenvalue weighted by Crippen LogP contribution is -2.48. The molecular formula is C20H23N3O9S. The van der Waals surface area contributed by atoms with Crippen LogP contribution in [0.5, 0.6) is 5.75 Å². The Kier molecular flexibility index (Phi) is 8.85. The predicted molar refractivity (Wildman–Crippen MR) is 115 cm³/mol. The zero-order valence-corrected chi connectivity index (χ0v) is 18.5. The van der Waals surface area contributed by atoms with Crippen molar-refractivity contribution < 1.29 is 37.9 Å². The van der Waals surface area contributed by atoms with Gasteiger partial charge in [-0.3, -0.25) is 15.0 Å². The molecule has 2 aromatic carbocycles. The number of carboxylic acid groups (broad SMARTS) is 2. The molecule has 0 aliphatic carbocycles. The molecule has 13 heteroatoms. The number of aliphatic carboxylic acids is 2. The van der Waals surface area contributed by atoms with E-state index < -0.39 is 26.9 Å². The molecule has 33 heavy (non-hydrogen) atoms. The van der Waals surface area contributed by atoms with E-state index in [2.05, 4.69) is 4.90 Å². The van der Waals surface area contributed by atoms with Crippen LogP contribution in [-0.2, 0) is 26.2 Å². The molecule has 3 rings (SSSR count). The first-order chi connectivity index (χ1) is 15.5. The summed E-state index contributed by atoms with van der Waals surface area (Å²) in [5.41, 5.74) is 1.03. The Morgan fingerprint density at radius 3 is 1.91 bits per heavy atom. The Morgan fingerprint density at radius 2 is 1.48 bits per heavy atom. The fourth-order valence-corrected chi connectivity index (χ4v) is 4.43. The van der Waals surface area contributed by atoms with Crippen molar-refractivity contribution in [1.82, 2.24) is 9.21 Å². The maximum atomic E-state index is 12.8. The summed E-state index contributed by atoms with van der Waals surface area (Å²) < 4.78 is 32.1. The number of piperazine rings is 1. The molecule has 0 aromatic heterocycles. The summed E-state index contributed by atoms with van der Waals surface area (Å²) in [6.07, 6.45) is 0. The molecule has 0 radical (unpaired) electrons. The Hall–Kier alpha value is -3.55. The van der Waals surface area contributed by atoms with Gasteiger partial charge in [0, 0.05) is 44.9 Å². The number of ether oxygens (including phenoxy) is 1. The number of nitro benzene ring substituents is 1. The van der Waals surface area contributed by atoms with Crippen LogP contribution in [0.2, 0.25) is 0 Å². The van der Waals surface area contributed by atoms with Crippen LogP contribution in [0, 0.1) is 10.1 Å². The van der Waals surface area contributed by atoms with E-state index in [-0.39, 0.29) is 10.6 Å². The molecule has 1 saturated heterocycles. The van der Waals surface area contributed by atoms with Crippen LogP contribution in [0.3, 0.4) is 0 Å². The van der Waals surface area contributed by atoms with Crippen LogP contribution >= 0.6 is 0 Å². The smallest absolute Gasteiger partial charge is 0.414 e. The molecule has 1 fully saturated rings. The number of sulfonamides is 1. The van der Waals surface area contributed by atoms with Gasteiger partial charge in [0.05, 0.1) is 16.9 Å². The van der Waals surface area contributed by atoms with Crippen molar-refractivity contribution in [3.8, 4) is 5.75 Å². The molecule has 1 aliphatic rings. The van der Waals surface area contributed by atoms with Crippen LogP contribution in [-0.4, -0.2) is 78.0 Å². The Balaban J connectivity index is 0.000000569. The molecule has 178 valence electrons. The molecule has 2 aromatic rings. The fourth-order valence-electron chi connectivity index (χ4n) is 3.01. The van der Waals surface area contributed by atoms with Gasteiger partial charge in [0.2, 0.25) is 10.0 Å². The van der Waals surface area contributed by atoms with E-state index in [9.17, 15) is 18.5 Å². The number of carbonyl (C=O) groups is 2. The molecule has 2 N–H and O–H groups in total. The van der Waals surface area contributed by atoms with Gasteiger partial charge in [-0.2, -0.15) is 4.31 Å². The predicted octanol–water partition coefficient (Wildman–Crippen LogP) is 1.27. The van der Waals surface area contributed by atoms with Crippen molar-refractivity contribution in [3.63, 3.8) is 0 Å². The van der Waals surface area contributed by atoms with Gasteiger partial charge in [-0.1, -0.05) is 12.1 Å². The van der Waals surface area contributed by atoms with E-state index in [1.165, 1.54) is 23.5 Å². The number of methoxy groups -OCH3 is 1. The number of carboxylic acids is 2. The Bertz CT molecular complexity index is 1070. The number of rotatable bonds is 6. The van der Waals surface area contributed by atoms with E-state index >= 15 is 0 Å². The van der Waals surface area contributed by atoms with Crippen LogP contribution in [0.1, 0.15) is 5.56 Å². The standard InChI is InChI=1S/C18H21N3O5S.C2H2O4/c1-26-17-6-8-18(9-7-17)27(24,25)20-12-10-19(11-13-20)14-15-2-4-16(5-3-15)21(22)23;3-1(4)2(5)6/h2-9H,10-14H2,1H3;(H,3,4)(H,5,6). The van der Waals surface area contributed by atoms with Gasteiger partial charge < -0.3 is 14.9 Å². The molecule has 12 nitrogen and oxygen atoms in total. The fraction of sp³-hybridized carbons (Fsp3) is 0.300. The number of hydrogen-bond donors (Lipinski definition) is 2. The molecule has 0 unspecified atom stereocenters. The van der Waals surface area contributed by atoms with Gasteiger partial charge in [0.1, 0.15) is 5.75 Å². The summed E-state index contributed by atoms with van der Waals surface area (Å²) in [7, 11) is -1.99. The summed E-state index contributed by atoms with van der Waals surface area (Å²) in [6.45, 7) is 2.65. The minimum atomic E-state index is -3.52. The molecule has 0 saturated carbocycles. The second kappa shape index (κ2) is 11.4. The van der Waals surface area contributed by atoms with Gasteiger partial charge in [-0.05, 0) is 29.8 Å². The lowest BCUT2D eigenvalue weighted by Gasteiger charge is -2.34. The number of non-ortho nitro benzene ring substituents is 1. The number of benzene rings is 2. The van der Waals surface area contributed by atoms with Crippen molar-refractivity contribution in [1.29, 1.82) is 0 Å². The summed E-state index contributed by atoms with van der Waals surface area (Å²) in [6, 6.07) is 12.8. The Morgan fingerprint density at radius 1 is 0.970 bits per heavy atom. The summed E-state index contributed by atoms with van der Waals surface area (Å²) in [5, 5.41) is 25.5. The van der Waals surface area contributed by atoms with Crippen LogP contribution in [0.15, 0.2) is 53.4 Å². The second-order valence-electron chi connectivity index (χ2n) is 6.89. The van der Waals surface area contributed by atoms with Gasteiger partial charge in [-0.25, -0.2) is 18.0 Å². The van der Waals surface area contributed by atoms with Gasteiger partial charge in [0.15, 0.2) is 0 Å². The van der Waals surface area contributed by atoms with Gasteiger partial charge in [0.25, 0.3) is 5.69 Å². The monoisotopic (exact) mass is 481 g/mol. The topological polar surface area (TPSA) is 168 Å². The Labute approximate surface area is 189 Å². The average molecular weight is 481 g/mol. The van der Waals surface area contributed by atoms with Gasteiger partial charge >= 0.3 is 11.9 Å². The van der Waals surface area contributed by atoms with Crippen molar-refractivity contribution >= 4 is 27.6 Å². The van der Waals surface area contributed by atoms with Crippen LogP contribution < -0.4 is 4.74 Å². The molecule has 0 spiro atoms. The van der Waals surface area contributed by atoms with Crippen molar-refractivity contribution in [2.75, 3.05) is 33.3 Å². The summed E-state index contributed by atoms with van der Waals surface area (Å²) >= 11 is 0. The first-order valence-electron chi connectivity index (χ1n) is 9.60. The first kappa shape index (κ1) is 25.7. The molecular weight excluding hydrogens is 458 g/mol. The third-order valence-corrected chi connectivity index (χ3v) is 6.68. The van der Waals surface area contributed by atoms with Crippen LogP contribution in [0.25, 0.3) is 0 Å². The number of hydrogen-bond acceptors (Lipinski definition) is 8. The second-order valence-corrected chi connectivity index (χ2v) is 8.83. The largest absolute Gasteiger partial charge is 0.497 e. The molecule has 0 bridgehead atoms. The molecule has 0 amide bonds. The van der Waals surface area contributed by atoms with E-state index in [1.54, 1.807) is 36.4 Å². The van der Waals surface area contributed by atoms with Crippen molar-refractivity contribution in [3.05, 3.63) is 64.2 Å². The van der Waals surface area contributed by atoms with Crippen molar-refractivity contribution in [2.45, 2.75) is 11.4 Å². The quantitative estimate of drug-likeness (QED) is 0.348. The SMILES string of the molecule is COc1ccc(S(=O)(=O)N2CCN(Cc3ccc([N+](=O)[O-])cc3)CC2)cc1.O=C(O)C(=O)O. The maximum Gasteiger partial charge on any atom is 0.414 e. The number of nitrogens with zero attached hydrogens (tertiary/aromatic N) is 3. The highest BCUT2D eigenvalue weighted by Gasteiger charge is 2.28. The van der Waals surface area contributed by atoms with Crippen molar-refractivity contribution in [2.24, 2.45) is 0 Å². The third kappa shape index (κ3) is 7.24. The van der Waals surface area contributed by atoms with Crippen LogP contribution in [0.4, 0.5) is 5.69 Å². The highest BCUT2D eigenvalue weighted by atomic mass is 32.2. The zero-order chi connectivity index (χ0) is 24.6. The summed E-state index contributed by atoms with van der Waals surface area (Å²) in [4.78, 5) is 30.9. The van der Waals surface area contributed by atoms with E-state index in [4.69, 9.17) is 24.5 Å². The highest BCUT2D eigenvalue weighted by Crippen LogP contribution is 2.21. The number of nitro groups is 1. The summed E-state index contributed by atoms with van der Waals surface area (Å²) in [5.74, 6) is -3.04. The zero-order valence-electron chi connectivity index (χ0n) is 17.7. The lowest BCUT2D eigenvalue weighted by atomic mass is 10.2. The molecule has 1 heterocycles. The normalized spacial score (nSPS) is 14.6. The third-order valence-electron chi connectivity index (χ3n) is 4.76. The molecule has 0 atom stereocenters. The maximum absolute atomic E-state index is 12.8. The minimum absolute atomic E-state index is 0.0640. The van der Waals surface area contributed by atoms with E-state index in [0.717, 1.165) is 5.56 Å². The molecule has 1 aliphatic heterocycles. The van der Waals surface area contributed by atoms with E-state index in [1.807, 2.05) is 0 Å².